The van der Waals surface area contributed by atoms with Gasteiger partial charge >= 0.3 is 0 Å². The molecule has 108 valence electrons. The molecule has 0 N–H and O–H groups in total. The van der Waals surface area contributed by atoms with Gasteiger partial charge in [-0.2, -0.15) is 5.26 Å². The number of hydrogen-bond donors (Lipinski definition) is 0. The molecule has 0 unspecified atom stereocenters. The Morgan fingerprint density at radius 3 is 3.00 bits per heavy atom. The van der Waals surface area contributed by atoms with E-state index in [9.17, 15) is 0 Å². The lowest BCUT2D eigenvalue weighted by molar-refractivity contribution is 0.920. The Labute approximate surface area is 133 Å². The molecule has 0 fully saturated rings. The van der Waals surface area contributed by atoms with Gasteiger partial charge in [-0.05, 0) is 30.2 Å². The van der Waals surface area contributed by atoms with Crippen LogP contribution in [-0.4, -0.2) is 9.97 Å². The van der Waals surface area contributed by atoms with Crippen molar-refractivity contribution in [2.24, 2.45) is 0 Å². The molecule has 0 saturated heterocycles. The third kappa shape index (κ3) is 2.90. The summed E-state index contributed by atoms with van der Waals surface area (Å²) in [4.78, 5) is 8.98. The van der Waals surface area contributed by atoms with Crippen LogP contribution in [0.15, 0.2) is 48.1 Å². The Morgan fingerprint density at radius 1 is 1.27 bits per heavy atom. The molecule has 0 bridgehead atoms. The van der Waals surface area contributed by atoms with Crippen LogP contribution in [0.4, 0.5) is 0 Å². The number of benzene rings is 1. The molecule has 0 saturated carbocycles. The van der Waals surface area contributed by atoms with Gasteiger partial charge in [0.25, 0.3) is 0 Å². The number of aryl methyl sites for hydroxylation is 1. The van der Waals surface area contributed by atoms with E-state index in [0.717, 1.165) is 34.7 Å². The van der Waals surface area contributed by atoms with E-state index in [1.807, 2.05) is 36.0 Å². The van der Waals surface area contributed by atoms with Crippen LogP contribution in [0.25, 0.3) is 21.8 Å². The van der Waals surface area contributed by atoms with Gasteiger partial charge in [0.2, 0.25) is 0 Å². The maximum Gasteiger partial charge on any atom is 0.125 e. The van der Waals surface area contributed by atoms with Crippen molar-refractivity contribution in [2.45, 2.75) is 19.8 Å². The Kier molecular flexibility index (Phi) is 4.27. The molecule has 22 heavy (non-hydrogen) atoms. The number of hydrogen-bond acceptors (Lipinski definition) is 4. The van der Waals surface area contributed by atoms with Crippen LogP contribution < -0.4 is 0 Å². The summed E-state index contributed by atoms with van der Waals surface area (Å²) < 4.78 is 0. The second-order valence-electron chi connectivity index (χ2n) is 5.01. The molecule has 3 rings (SSSR count). The minimum atomic E-state index is 0.653. The molecule has 0 aliphatic carbocycles. The van der Waals surface area contributed by atoms with E-state index in [1.165, 1.54) is 5.56 Å². The average Bonchev–Trinajstić information content (AvgIpc) is 3.06. The van der Waals surface area contributed by atoms with Crippen molar-refractivity contribution in [2.75, 3.05) is 0 Å². The van der Waals surface area contributed by atoms with Crippen molar-refractivity contribution in [1.29, 1.82) is 5.26 Å². The summed E-state index contributed by atoms with van der Waals surface area (Å²) in [7, 11) is 0. The van der Waals surface area contributed by atoms with E-state index in [1.54, 1.807) is 17.4 Å². The molecular formula is C18H15N3S. The molecule has 1 aromatic carbocycles. The first-order valence-electron chi connectivity index (χ1n) is 7.21. The highest BCUT2D eigenvalue weighted by molar-refractivity contribution is 7.13. The monoisotopic (exact) mass is 305 g/mol. The van der Waals surface area contributed by atoms with Crippen molar-refractivity contribution in [3.63, 3.8) is 0 Å². The normalized spacial score (nSPS) is 10.4. The van der Waals surface area contributed by atoms with Crippen LogP contribution in [-0.2, 0) is 6.42 Å². The summed E-state index contributed by atoms with van der Waals surface area (Å²) >= 11 is 1.62. The first kappa shape index (κ1) is 14.4. The molecule has 2 aromatic heterocycles. The molecule has 0 radical (unpaired) electrons. The van der Waals surface area contributed by atoms with Crippen molar-refractivity contribution >= 4 is 11.3 Å². The average molecular weight is 305 g/mol. The first-order chi connectivity index (χ1) is 10.8. The molecule has 0 aliphatic rings. The third-order valence-corrected chi connectivity index (χ3v) is 4.33. The molecule has 3 aromatic rings. The highest BCUT2D eigenvalue weighted by Gasteiger charge is 2.10. The van der Waals surface area contributed by atoms with Gasteiger partial charge in [0.15, 0.2) is 0 Å². The number of nitriles is 1. The van der Waals surface area contributed by atoms with Gasteiger partial charge in [-0.3, -0.25) is 4.98 Å². The summed E-state index contributed by atoms with van der Waals surface area (Å²) in [5, 5.41) is 12.0. The van der Waals surface area contributed by atoms with Crippen molar-refractivity contribution < 1.29 is 0 Å². The second kappa shape index (κ2) is 6.50. The number of nitrogens with zero attached hydrogens (tertiary/aromatic N) is 3. The zero-order valence-corrected chi connectivity index (χ0v) is 13.1. The molecule has 0 amide bonds. The largest absolute Gasteiger partial charge is 0.264 e. The predicted octanol–water partition coefficient (Wildman–Crippen LogP) is 4.70. The molecule has 4 heteroatoms. The fourth-order valence-corrected chi connectivity index (χ4v) is 3.26. The Bertz CT molecular complexity index is 830. The molecule has 0 atom stereocenters. The maximum atomic E-state index is 9.01. The molecule has 0 spiro atoms. The summed E-state index contributed by atoms with van der Waals surface area (Å²) in [6.45, 7) is 2.17. The van der Waals surface area contributed by atoms with Crippen molar-refractivity contribution in [3.05, 3.63) is 59.2 Å². The Hall–Kier alpha value is -2.51. The van der Waals surface area contributed by atoms with E-state index in [-0.39, 0.29) is 0 Å². The van der Waals surface area contributed by atoms with Crippen molar-refractivity contribution in [1.82, 2.24) is 9.97 Å². The molecular weight excluding hydrogens is 290 g/mol. The fraction of sp³-hybridized carbons (Fsp3) is 0.167. The van der Waals surface area contributed by atoms with Crippen LogP contribution >= 0.6 is 11.3 Å². The molecule has 2 heterocycles. The van der Waals surface area contributed by atoms with Crippen LogP contribution in [0, 0.1) is 11.3 Å². The molecule has 3 nitrogen and oxygen atoms in total. The highest BCUT2D eigenvalue weighted by atomic mass is 32.1. The standard InChI is InChI=1S/C18H15N3S/c1-2-4-14-7-8-20-11-16(14)18-21-17(12-22-18)15-6-3-5-13(9-15)10-19/h3,5-9,11-12H,2,4H2,1H3. The zero-order chi connectivity index (χ0) is 15.4. The molecule has 0 aliphatic heterocycles. The minimum absolute atomic E-state index is 0.653. The summed E-state index contributed by atoms with van der Waals surface area (Å²) in [6, 6.07) is 11.8. The number of thiazole rings is 1. The number of rotatable bonds is 4. The Morgan fingerprint density at radius 2 is 2.18 bits per heavy atom. The first-order valence-corrected chi connectivity index (χ1v) is 8.09. The summed E-state index contributed by atoms with van der Waals surface area (Å²) in [6.07, 6.45) is 5.84. The maximum absolute atomic E-state index is 9.01. The van der Waals surface area contributed by atoms with Gasteiger partial charge in [-0.1, -0.05) is 25.5 Å². The fourth-order valence-electron chi connectivity index (χ4n) is 2.38. The van der Waals surface area contributed by atoms with Gasteiger partial charge in [-0.25, -0.2) is 4.98 Å². The van der Waals surface area contributed by atoms with Gasteiger partial charge in [0.05, 0.1) is 17.3 Å². The second-order valence-corrected chi connectivity index (χ2v) is 5.87. The highest BCUT2D eigenvalue weighted by Crippen LogP contribution is 2.31. The van der Waals surface area contributed by atoms with Gasteiger partial charge in [0, 0.05) is 28.9 Å². The lowest BCUT2D eigenvalue weighted by Crippen LogP contribution is -1.90. The van der Waals surface area contributed by atoms with Gasteiger partial charge in [0.1, 0.15) is 5.01 Å². The van der Waals surface area contributed by atoms with E-state index >= 15 is 0 Å². The van der Waals surface area contributed by atoms with Crippen molar-refractivity contribution in [3.8, 4) is 27.9 Å². The smallest absolute Gasteiger partial charge is 0.125 e. The topological polar surface area (TPSA) is 49.6 Å². The number of aromatic nitrogens is 2. The lowest BCUT2D eigenvalue weighted by atomic mass is 10.1. The van der Waals surface area contributed by atoms with E-state index < -0.39 is 0 Å². The SMILES string of the molecule is CCCc1ccncc1-c1nc(-c2cccc(C#N)c2)cs1. The number of pyridine rings is 1. The quantitative estimate of drug-likeness (QED) is 0.702. The summed E-state index contributed by atoms with van der Waals surface area (Å²) in [5.74, 6) is 0. The van der Waals surface area contributed by atoms with E-state index in [2.05, 4.69) is 24.0 Å². The van der Waals surface area contributed by atoms with Crippen LogP contribution in [0.1, 0.15) is 24.5 Å². The van der Waals surface area contributed by atoms with Gasteiger partial charge in [-0.15, -0.1) is 11.3 Å². The Balaban J connectivity index is 1.99. The third-order valence-electron chi connectivity index (χ3n) is 3.45. The van der Waals surface area contributed by atoms with Crippen LogP contribution in [0.3, 0.4) is 0 Å². The van der Waals surface area contributed by atoms with Crippen LogP contribution in [0.2, 0.25) is 0 Å². The minimum Gasteiger partial charge on any atom is -0.264 e. The lowest BCUT2D eigenvalue weighted by Gasteiger charge is -2.04. The van der Waals surface area contributed by atoms with E-state index in [4.69, 9.17) is 10.2 Å². The predicted molar refractivity (Wildman–Crippen MR) is 89.5 cm³/mol. The zero-order valence-electron chi connectivity index (χ0n) is 12.3. The van der Waals surface area contributed by atoms with Gasteiger partial charge < -0.3 is 0 Å². The van der Waals surface area contributed by atoms with Crippen LogP contribution in [0.5, 0.6) is 0 Å². The van der Waals surface area contributed by atoms with E-state index in [0.29, 0.717) is 5.56 Å². The summed E-state index contributed by atoms with van der Waals surface area (Å²) in [5.41, 5.74) is 4.92.